The number of benzene rings is 2. The quantitative estimate of drug-likeness (QED) is 0.569. The van der Waals surface area contributed by atoms with E-state index in [1.54, 1.807) is 12.1 Å². The predicted octanol–water partition coefficient (Wildman–Crippen LogP) is 4.05. The molecular formula is C22H19FN4O2. The summed E-state index contributed by atoms with van der Waals surface area (Å²) in [7, 11) is 0. The van der Waals surface area contributed by atoms with Gasteiger partial charge in [-0.1, -0.05) is 24.3 Å². The van der Waals surface area contributed by atoms with Crippen LogP contribution in [0.3, 0.4) is 0 Å². The zero-order chi connectivity index (χ0) is 19.8. The van der Waals surface area contributed by atoms with Crippen LogP contribution in [0.2, 0.25) is 0 Å². The number of nitrogens with zero attached hydrogens (tertiary/aromatic N) is 3. The molecule has 0 radical (unpaired) electrons. The molecule has 3 heterocycles. The number of nitrogens with one attached hydrogen (secondary N) is 1. The van der Waals surface area contributed by atoms with Crippen LogP contribution < -0.4 is 10.2 Å². The van der Waals surface area contributed by atoms with Crippen molar-refractivity contribution in [3.05, 3.63) is 65.7 Å². The van der Waals surface area contributed by atoms with Crippen molar-refractivity contribution < 1.29 is 13.6 Å². The summed E-state index contributed by atoms with van der Waals surface area (Å²) in [5, 5.41) is 3.68. The highest BCUT2D eigenvalue weighted by molar-refractivity contribution is 6.07. The second-order valence-electron chi connectivity index (χ2n) is 7.15. The van der Waals surface area contributed by atoms with Gasteiger partial charge in [0, 0.05) is 25.0 Å². The van der Waals surface area contributed by atoms with Gasteiger partial charge < -0.3 is 14.6 Å². The Balaban J connectivity index is 1.53. The molecule has 1 fully saturated rings. The minimum absolute atomic E-state index is 0.105. The third-order valence-corrected chi connectivity index (χ3v) is 5.18. The number of hydrogen-bond donors (Lipinski definition) is 1. The molecule has 4 aromatic rings. The monoisotopic (exact) mass is 390 g/mol. The Bertz CT molecular complexity index is 1200. The molecule has 1 amide bonds. The van der Waals surface area contributed by atoms with Gasteiger partial charge in [0.15, 0.2) is 11.4 Å². The Morgan fingerprint density at radius 2 is 1.83 bits per heavy atom. The number of halogens is 1. The lowest BCUT2D eigenvalue weighted by atomic mass is 10.2. The highest BCUT2D eigenvalue weighted by Crippen LogP contribution is 2.34. The molecule has 0 aliphatic carbocycles. The van der Waals surface area contributed by atoms with E-state index in [2.05, 4.69) is 20.2 Å². The van der Waals surface area contributed by atoms with E-state index in [4.69, 9.17) is 4.42 Å². The van der Waals surface area contributed by atoms with Crippen LogP contribution in [0, 0.1) is 5.82 Å². The van der Waals surface area contributed by atoms with Gasteiger partial charge >= 0.3 is 0 Å². The van der Waals surface area contributed by atoms with Gasteiger partial charge in [-0.2, -0.15) is 0 Å². The second kappa shape index (κ2) is 7.16. The SMILES string of the molecule is O=C(NCc1ccc(F)cc1)c1nc(N2CCCC2)c2oc3ccccc3c2n1. The molecule has 0 atom stereocenters. The maximum Gasteiger partial charge on any atom is 0.289 e. The highest BCUT2D eigenvalue weighted by atomic mass is 19.1. The molecule has 1 saturated heterocycles. The van der Waals surface area contributed by atoms with E-state index in [-0.39, 0.29) is 24.1 Å². The lowest BCUT2D eigenvalue weighted by Gasteiger charge is -2.17. The molecule has 1 N–H and O–H groups in total. The molecular weight excluding hydrogens is 371 g/mol. The summed E-state index contributed by atoms with van der Waals surface area (Å²) in [6, 6.07) is 13.7. The first-order valence-electron chi connectivity index (χ1n) is 9.66. The Kier molecular flexibility index (Phi) is 4.35. The molecule has 5 rings (SSSR count). The van der Waals surface area contributed by atoms with Crippen molar-refractivity contribution in [3.63, 3.8) is 0 Å². The van der Waals surface area contributed by atoms with Crippen molar-refractivity contribution in [3.8, 4) is 0 Å². The Morgan fingerprint density at radius 3 is 2.62 bits per heavy atom. The summed E-state index contributed by atoms with van der Waals surface area (Å²) in [4.78, 5) is 24.0. The Labute approximate surface area is 166 Å². The highest BCUT2D eigenvalue weighted by Gasteiger charge is 2.24. The van der Waals surface area contributed by atoms with E-state index in [0.717, 1.165) is 42.5 Å². The van der Waals surface area contributed by atoms with E-state index >= 15 is 0 Å². The number of para-hydroxylation sites is 1. The van der Waals surface area contributed by atoms with E-state index in [1.165, 1.54) is 12.1 Å². The number of carbonyl (C=O) groups is 1. The molecule has 0 spiro atoms. The molecule has 6 nitrogen and oxygen atoms in total. The topological polar surface area (TPSA) is 71.3 Å². The van der Waals surface area contributed by atoms with Gasteiger partial charge in [-0.15, -0.1) is 0 Å². The van der Waals surface area contributed by atoms with Crippen LogP contribution in [0.25, 0.3) is 22.1 Å². The average molecular weight is 390 g/mol. The van der Waals surface area contributed by atoms with Crippen molar-refractivity contribution >= 4 is 33.8 Å². The Hall–Kier alpha value is -3.48. The summed E-state index contributed by atoms with van der Waals surface area (Å²) >= 11 is 0. The number of rotatable bonds is 4. The number of anilines is 1. The number of aromatic nitrogens is 2. The van der Waals surface area contributed by atoms with E-state index in [0.29, 0.717) is 16.9 Å². The summed E-state index contributed by atoms with van der Waals surface area (Å²) < 4.78 is 19.1. The Morgan fingerprint density at radius 1 is 1.07 bits per heavy atom. The van der Waals surface area contributed by atoms with Gasteiger partial charge in [-0.25, -0.2) is 14.4 Å². The van der Waals surface area contributed by atoms with Crippen LogP contribution in [-0.2, 0) is 6.54 Å². The van der Waals surface area contributed by atoms with Crippen LogP contribution in [0.5, 0.6) is 0 Å². The van der Waals surface area contributed by atoms with Gasteiger partial charge in [0.05, 0.1) is 0 Å². The number of hydrogen-bond acceptors (Lipinski definition) is 5. The largest absolute Gasteiger partial charge is 0.450 e. The minimum atomic E-state index is -0.373. The molecule has 0 bridgehead atoms. The third kappa shape index (κ3) is 3.29. The smallest absolute Gasteiger partial charge is 0.289 e. The van der Waals surface area contributed by atoms with Crippen LogP contribution in [-0.4, -0.2) is 29.0 Å². The average Bonchev–Trinajstić information content (AvgIpc) is 3.40. The van der Waals surface area contributed by atoms with Crippen LogP contribution >= 0.6 is 0 Å². The van der Waals surface area contributed by atoms with Crippen LogP contribution in [0.15, 0.2) is 52.9 Å². The second-order valence-corrected chi connectivity index (χ2v) is 7.15. The summed E-state index contributed by atoms with van der Waals surface area (Å²) in [5.41, 5.74) is 2.78. The molecule has 7 heteroatoms. The third-order valence-electron chi connectivity index (χ3n) is 5.18. The van der Waals surface area contributed by atoms with Crippen molar-refractivity contribution in [2.45, 2.75) is 19.4 Å². The summed E-state index contributed by atoms with van der Waals surface area (Å²) in [6.45, 7) is 2.02. The number of amides is 1. The lowest BCUT2D eigenvalue weighted by molar-refractivity contribution is 0.0941. The fourth-order valence-electron chi connectivity index (χ4n) is 3.68. The maximum absolute atomic E-state index is 13.1. The molecule has 2 aromatic heterocycles. The van der Waals surface area contributed by atoms with Gasteiger partial charge in [0.2, 0.25) is 5.82 Å². The van der Waals surface area contributed by atoms with E-state index in [1.807, 2.05) is 24.3 Å². The molecule has 29 heavy (non-hydrogen) atoms. The van der Waals surface area contributed by atoms with Gasteiger partial charge in [-0.3, -0.25) is 4.79 Å². The minimum Gasteiger partial charge on any atom is -0.450 e. The molecule has 2 aromatic carbocycles. The van der Waals surface area contributed by atoms with E-state index in [9.17, 15) is 9.18 Å². The standard InChI is InChI=1S/C22H19FN4O2/c23-15-9-7-14(8-10-15)13-24-22(28)20-25-18-16-5-1-2-6-17(16)29-19(18)21(26-20)27-11-3-4-12-27/h1-2,5-10H,3-4,11-13H2,(H,24,28). The van der Waals surface area contributed by atoms with Crippen LogP contribution in [0.1, 0.15) is 29.0 Å². The normalized spacial score (nSPS) is 14.0. The van der Waals surface area contributed by atoms with E-state index < -0.39 is 0 Å². The van der Waals surface area contributed by atoms with Crippen molar-refractivity contribution in [2.75, 3.05) is 18.0 Å². The van der Waals surface area contributed by atoms with Gasteiger partial charge in [0.1, 0.15) is 16.9 Å². The molecule has 0 unspecified atom stereocenters. The zero-order valence-corrected chi connectivity index (χ0v) is 15.7. The first-order chi connectivity index (χ1) is 14.2. The van der Waals surface area contributed by atoms with Crippen molar-refractivity contribution in [2.24, 2.45) is 0 Å². The van der Waals surface area contributed by atoms with Gasteiger partial charge in [-0.05, 0) is 42.7 Å². The van der Waals surface area contributed by atoms with Crippen molar-refractivity contribution in [1.29, 1.82) is 0 Å². The van der Waals surface area contributed by atoms with Crippen LogP contribution in [0.4, 0.5) is 10.2 Å². The first kappa shape index (κ1) is 17.6. The fourth-order valence-corrected chi connectivity index (χ4v) is 3.68. The predicted molar refractivity (Wildman–Crippen MR) is 108 cm³/mol. The molecule has 1 aliphatic rings. The number of carbonyl (C=O) groups excluding carboxylic acids is 1. The lowest BCUT2D eigenvalue weighted by Crippen LogP contribution is -2.27. The fraction of sp³-hybridized carbons (Fsp3) is 0.227. The molecule has 0 saturated carbocycles. The molecule has 1 aliphatic heterocycles. The zero-order valence-electron chi connectivity index (χ0n) is 15.7. The summed E-state index contributed by atoms with van der Waals surface area (Å²) in [5.74, 6) is 0.0848. The van der Waals surface area contributed by atoms with Crippen molar-refractivity contribution in [1.82, 2.24) is 15.3 Å². The maximum atomic E-state index is 13.1. The summed E-state index contributed by atoms with van der Waals surface area (Å²) in [6.07, 6.45) is 2.16. The molecule has 146 valence electrons. The number of fused-ring (bicyclic) bond motifs is 3. The number of furan rings is 1. The first-order valence-corrected chi connectivity index (χ1v) is 9.66. The van der Waals surface area contributed by atoms with Gasteiger partial charge in [0.25, 0.3) is 5.91 Å².